The molecule has 1 amide bonds. The van der Waals surface area contributed by atoms with Crippen LogP contribution in [0.25, 0.3) is 0 Å². The molecule has 1 aromatic rings. The zero-order valence-electron chi connectivity index (χ0n) is 15.5. The highest BCUT2D eigenvalue weighted by Gasteiger charge is 2.25. The molecule has 0 atom stereocenters. The van der Waals surface area contributed by atoms with E-state index in [1.54, 1.807) is 28.6 Å². The van der Waals surface area contributed by atoms with Crippen molar-refractivity contribution in [2.45, 2.75) is 37.1 Å². The molecule has 27 heavy (non-hydrogen) atoms. The van der Waals surface area contributed by atoms with E-state index >= 15 is 0 Å². The first-order valence-corrected chi connectivity index (χ1v) is 11.5. The van der Waals surface area contributed by atoms with E-state index in [-0.39, 0.29) is 17.6 Å². The van der Waals surface area contributed by atoms with Gasteiger partial charge in [0.25, 0.3) is 0 Å². The normalized spacial score (nSPS) is 15.3. The lowest BCUT2D eigenvalue weighted by Crippen LogP contribution is -2.35. The molecule has 1 heterocycles. The van der Waals surface area contributed by atoms with E-state index in [9.17, 15) is 18.0 Å². The van der Waals surface area contributed by atoms with Crippen LogP contribution in [0.4, 0.5) is 0 Å². The number of rotatable bonds is 9. The van der Waals surface area contributed by atoms with Gasteiger partial charge >= 0.3 is 5.97 Å². The predicted molar refractivity (Wildman–Crippen MR) is 105 cm³/mol. The second-order valence-electron chi connectivity index (χ2n) is 6.26. The summed E-state index contributed by atoms with van der Waals surface area (Å²) in [6, 6.07) is 6.64. The Morgan fingerprint density at radius 1 is 1.15 bits per heavy atom. The molecule has 1 aliphatic heterocycles. The zero-order valence-corrected chi connectivity index (χ0v) is 17.1. The Hall–Kier alpha value is -1.58. The van der Waals surface area contributed by atoms with Gasteiger partial charge in [-0.3, -0.25) is 9.59 Å². The van der Waals surface area contributed by atoms with Crippen LogP contribution in [0.1, 0.15) is 31.2 Å². The van der Waals surface area contributed by atoms with Crippen molar-refractivity contribution in [3.05, 3.63) is 29.8 Å². The molecule has 0 bridgehead atoms. The maximum Gasteiger partial charge on any atom is 0.315 e. The monoisotopic (exact) mass is 414 g/mol. The first kappa shape index (κ1) is 21.7. The summed E-state index contributed by atoms with van der Waals surface area (Å²) in [6.07, 6.45) is 3.19. The SMILES string of the molecule is COC(=O)CSCCC(=O)NCc1ccc(S(=O)(=O)N2CCCCC2)cc1. The molecule has 150 valence electrons. The van der Waals surface area contributed by atoms with Gasteiger partial charge in [0.1, 0.15) is 0 Å². The molecule has 1 aliphatic rings. The quantitative estimate of drug-likeness (QED) is 0.489. The predicted octanol–water partition coefficient (Wildman–Crippen LogP) is 1.77. The standard InChI is InChI=1S/C18H26N2O5S2/c1-25-18(22)14-26-12-9-17(21)19-13-15-5-7-16(8-6-15)27(23,24)20-10-3-2-4-11-20/h5-8H,2-4,9-14H2,1H3,(H,19,21). The number of carbonyl (C=O) groups is 2. The average Bonchev–Trinajstić information content (AvgIpc) is 2.70. The third kappa shape index (κ3) is 6.82. The molecule has 0 aromatic heterocycles. The highest BCUT2D eigenvalue weighted by Crippen LogP contribution is 2.20. The topological polar surface area (TPSA) is 92.8 Å². The molecule has 0 aliphatic carbocycles. The molecule has 1 aromatic carbocycles. The average molecular weight is 415 g/mol. The number of sulfonamides is 1. The number of methoxy groups -OCH3 is 1. The van der Waals surface area contributed by atoms with Gasteiger partial charge in [-0.1, -0.05) is 18.6 Å². The van der Waals surface area contributed by atoms with Crippen molar-refractivity contribution in [1.82, 2.24) is 9.62 Å². The minimum atomic E-state index is -3.43. The van der Waals surface area contributed by atoms with Crippen LogP contribution >= 0.6 is 11.8 Å². The molecule has 0 unspecified atom stereocenters. The van der Waals surface area contributed by atoms with Crippen LogP contribution in [-0.2, 0) is 30.9 Å². The van der Waals surface area contributed by atoms with Crippen LogP contribution in [-0.4, -0.2) is 56.3 Å². The fourth-order valence-corrected chi connectivity index (χ4v) is 4.98. The second-order valence-corrected chi connectivity index (χ2v) is 9.31. The lowest BCUT2D eigenvalue weighted by molar-refractivity contribution is -0.137. The molecular weight excluding hydrogens is 388 g/mol. The summed E-state index contributed by atoms with van der Waals surface area (Å²) in [5, 5.41) is 2.79. The number of thioether (sulfide) groups is 1. The van der Waals surface area contributed by atoms with E-state index in [0.717, 1.165) is 24.8 Å². The summed E-state index contributed by atoms with van der Waals surface area (Å²) < 4.78 is 31.3. The Kier molecular flexibility index (Phi) is 8.59. The first-order chi connectivity index (χ1) is 12.9. The minimum absolute atomic E-state index is 0.114. The maximum atomic E-state index is 12.6. The van der Waals surface area contributed by atoms with Gasteiger partial charge in [-0.05, 0) is 30.5 Å². The Morgan fingerprint density at radius 3 is 2.44 bits per heavy atom. The fraction of sp³-hybridized carbons (Fsp3) is 0.556. The zero-order chi connectivity index (χ0) is 19.7. The Morgan fingerprint density at radius 2 is 1.81 bits per heavy atom. The van der Waals surface area contributed by atoms with E-state index in [1.807, 2.05) is 0 Å². The van der Waals surface area contributed by atoms with Crippen molar-refractivity contribution in [3.63, 3.8) is 0 Å². The lowest BCUT2D eigenvalue weighted by atomic mass is 10.2. The van der Waals surface area contributed by atoms with Gasteiger partial charge in [0.15, 0.2) is 0 Å². The Balaban J connectivity index is 1.78. The smallest absolute Gasteiger partial charge is 0.315 e. The summed E-state index contributed by atoms with van der Waals surface area (Å²) in [5.41, 5.74) is 0.836. The number of ether oxygens (including phenoxy) is 1. The molecule has 9 heteroatoms. The van der Waals surface area contributed by atoms with Crippen LogP contribution < -0.4 is 5.32 Å². The molecule has 1 fully saturated rings. The van der Waals surface area contributed by atoms with Crippen molar-refractivity contribution in [1.29, 1.82) is 0 Å². The van der Waals surface area contributed by atoms with Gasteiger partial charge in [-0.15, -0.1) is 11.8 Å². The number of nitrogens with zero attached hydrogens (tertiary/aromatic N) is 1. The van der Waals surface area contributed by atoms with E-state index < -0.39 is 10.0 Å². The van der Waals surface area contributed by atoms with Gasteiger partial charge < -0.3 is 10.1 Å². The third-order valence-corrected chi connectivity index (χ3v) is 7.13. The van der Waals surface area contributed by atoms with E-state index in [0.29, 0.717) is 36.7 Å². The number of piperidine rings is 1. The van der Waals surface area contributed by atoms with Gasteiger partial charge in [0.05, 0.1) is 17.8 Å². The number of nitrogens with one attached hydrogen (secondary N) is 1. The number of amides is 1. The van der Waals surface area contributed by atoms with Crippen LogP contribution in [0.3, 0.4) is 0 Å². The Labute approximate surface area is 164 Å². The lowest BCUT2D eigenvalue weighted by Gasteiger charge is -2.25. The van der Waals surface area contributed by atoms with Gasteiger partial charge in [0, 0.05) is 31.8 Å². The largest absolute Gasteiger partial charge is 0.468 e. The number of carbonyl (C=O) groups excluding carboxylic acids is 2. The van der Waals surface area contributed by atoms with Crippen LogP contribution in [0.5, 0.6) is 0 Å². The van der Waals surface area contributed by atoms with Crippen molar-refractivity contribution in [3.8, 4) is 0 Å². The number of esters is 1. The highest BCUT2D eigenvalue weighted by atomic mass is 32.2. The Bertz CT molecular complexity index is 729. The van der Waals surface area contributed by atoms with Crippen LogP contribution in [0.2, 0.25) is 0 Å². The fourth-order valence-electron chi connectivity index (χ4n) is 2.70. The summed E-state index contributed by atoms with van der Waals surface area (Å²) in [7, 11) is -2.10. The van der Waals surface area contributed by atoms with Gasteiger partial charge in [-0.25, -0.2) is 8.42 Å². The summed E-state index contributed by atoms with van der Waals surface area (Å²) in [5.74, 6) is 0.349. The number of benzene rings is 1. The summed E-state index contributed by atoms with van der Waals surface area (Å²) >= 11 is 1.35. The van der Waals surface area contributed by atoms with E-state index in [2.05, 4.69) is 10.1 Å². The molecular formula is C18H26N2O5S2. The van der Waals surface area contributed by atoms with Crippen molar-refractivity contribution in [2.24, 2.45) is 0 Å². The molecule has 0 radical (unpaired) electrons. The second kappa shape index (κ2) is 10.7. The summed E-state index contributed by atoms with van der Waals surface area (Å²) in [4.78, 5) is 23.1. The van der Waals surface area contributed by atoms with Crippen molar-refractivity contribution in [2.75, 3.05) is 31.7 Å². The number of hydrogen-bond donors (Lipinski definition) is 1. The molecule has 1 N–H and O–H groups in total. The van der Waals surface area contributed by atoms with Crippen molar-refractivity contribution >= 4 is 33.7 Å². The summed E-state index contributed by atoms with van der Waals surface area (Å²) in [6.45, 7) is 1.49. The van der Waals surface area contributed by atoms with Crippen molar-refractivity contribution < 1.29 is 22.7 Å². The molecule has 7 nitrogen and oxygen atoms in total. The maximum absolute atomic E-state index is 12.6. The molecule has 0 spiro atoms. The van der Waals surface area contributed by atoms with E-state index in [4.69, 9.17) is 0 Å². The highest BCUT2D eigenvalue weighted by molar-refractivity contribution is 7.99. The van der Waals surface area contributed by atoms with E-state index in [1.165, 1.54) is 18.9 Å². The minimum Gasteiger partial charge on any atom is -0.468 e. The first-order valence-electron chi connectivity index (χ1n) is 8.94. The van der Waals surface area contributed by atoms with Gasteiger partial charge in [0.2, 0.25) is 15.9 Å². The number of hydrogen-bond acceptors (Lipinski definition) is 6. The van der Waals surface area contributed by atoms with Crippen LogP contribution in [0, 0.1) is 0 Å². The molecule has 1 saturated heterocycles. The molecule has 2 rings (SSSR count). The van der Waals surface area contributed by atoms with Crippen LogP contribution in [0.15, 0.2) is 29.2 Å². The van der Waals surface area contributed by atoms with Gasteiger partial charge in [-0.2, -0.15) is 4.31 Å². The molecule has 0 saturated carbocycles. The third-order valence-electron chi connectivity index (χ3n) is 4.29.